The molecule has 2 amide bonds. The number of H-pyrrole nitrogens is 1. The Morgan fingerprint density at radius 1 is 0.971 bits per heavy atom. The van der Waals surface area contributed by atoms with Crippen LogP contribution in [0.15, 0.2) is 71.5 Å². The number of hydrogen-bond acceptors (Lipinski definition) is 6. The van der Waals surface area contributed by atoms with Crippen molar-refractivity contribution in [2.24, 2.45) is 0 Å². The van der Waals surface area contributed by atoms with Crippen LogP contribution in [-0.4, -0.2) is 28.6 Å². The summed E-state index contributed by atoms with van der Waals surface area (Å²) in [5, 5.41) is 6.16. The van der Waals surface area contributed by atoms with Crippen LogP contribution in [0.5, 0.6) is 11.5 Å². The molecule has 0 radical (unpaired) electrons. The zero-order valence-corrected chi connectivity index (χ0v) is 18.7. The van der Waals surface area contributed by atoms with Crippen molar-refractivity contribution < 1.29 is 19.1 Å². The fourth-order valence-corrected chi connectivity index (χ4v) is 3.82. The number of ether oxygens (including phenoxy) is 2. The molecule has 0 bridgehead atoms. The predicted octanol–water partition coefficient (Wildman–Crippen LogP) is 3.15. The van der Waals surface area contributed by atoms with Gasteiger partial charge in [0.25, 0.3) is 11.5 Å². The van der Waals surface area contributed by atoms with Crippen LogP contribution in [0.25, 0.3) is 10.9 Å². The number of rotatable bonds is 7. The van der Waals surface area contributed by atoms with Crippen LogP contribution < -0.4 is 25.7 Å². The zero-order chi connectivity index (χ0) is 24.2. The Labute approximate surface area is 200 Å². The summed E-state index contributed by atoms with van der Waals surface area (Å²) in [5.41, 5.74) is 1.95. The minimum absolute atomic E-state index is 0.0917. The first kappa shape index (κ1) is 22.1. The van der Waals surface area contributed by atoms with Crippen molar-refractivity contribution in [2.75, 3.05) is 12.1 Å². The molecule has 0 atom stereocenters. The van der Waals surface area contributed by atoms with E-state index in [4.69, 9.17) is 9.47 Å². The second-order valence-corrected chi connectivity index (χ2v) is 7.99. The summed E-state index contributed by atoms with van der Waals surface area (Å²) in [6.07, 6.45) is 0.346. The number of carbonyl (C=O) groups is 2. The number of hydrogen-bond donors (Lipinski definition) is 3. The zero-order valence-electron chi connectivity index (χ0n) is 18.7. The third-order valence-electron chi connectivity index (χ3n) is 5.59. The molecule has 1 aliphatic rings. The summed E-state index contributed by atoms with van der Waals surface area (Å²) in [6.45, 7) is 0.476. The van der Waals surface area contributed by atoms with Gasteiger partial charge in [0.2, 0.25) is 12.7 Å². The van der Waals surface area contributed by atoms with Gasteiger partial charge in [-0.15, -0.1) is 0 Å². The van der Waals surface area contributed by atoms with Gasteiger partial charge < -0.3 is 25.1 Å². The van der Waals surface area contributed by atoms with E-state index in [1.165, 1.54) is 0 Å². The molecule has 0 unspecified atom stereocenters. The molecule has 9 heteroatoms. The Bertz CT molecular complexity index is 1480. The van der Waals surface area contributed by atoms with Gasteiger partial charge in [-0.25, -0.2) is 4.98 Å². The molecule has 0 saturated heterocycles. The van der Waals surface area contributed by atoms with Crippen LogP contribution in [-0.2, 0) is 17.8 Å². The summed E-state index contributed by atoms with van der Waals surface area (Å²) in [4.78, 5) is 44.8. The number of nitrogens with zero attached hydrogens (tertiary/aromatic N) is 1. The molecule has 0 spiro atoms. The number of aromatic nitrogens is 2. The van der Waals surface area contributed by atoms with E-state index in [-0.39, 0.29) is 37.0 Å². The highest BCUT2D eigenvalue weighted by Gasteiger charge is 2.16. The number of fused-ring (bicyclic) bond motifs is 2. The van der Waals surface area contributed by atoms with Gasteiger partial charge in [-0.3, -0.25) is 14.4 Å². The van der Waals surface area contributed by atoms with E-state index in [0.717, 1.165) is 5.56 Å². The Balaban J connectivity index is 1.21. The summed E-state index contributed by atoms with van der Waals surface area (Å²) >= 11 is 0. The lowest BCUT2D eigenvalue weighted by atomic mass is 10.1. The molecule has 176 valence electrons. The third-order valence-corrected chi connectivity index (χ3v) is 5.59. The maximum absolute atomic E-state index is 12.8. The smallest absolute Gasteiger partial charge is 0.258 e. The van der Waals surface area contributed by atoms with E-state index in [2.05, 4.69) is 20.6 Å². The summed E-state index contributed by atoms with van der Waals surface area (Å²) in [7, 11) is 0. The number of benzene rings is 3. The SMILES string of the molecule is O=C(CCc1nc2ccccc2c(=O)[nH]1)Nc1ccccc1C(=O)NCc1ccc2c(c1)OCO2. The van der Waals surface area contributed by atoms with E-state index in [1.54, 1.807) is 54.6 Å². The molecule has 35 heavy (non-hydrogen) atoms. The number of aromatic amines is 1. The largest absolute Gasteiger partial charge is 0.454 e. The minimum Gasteiger partial charge on any atom is -0.454 e. The average Bonchev–Trinajstić information content (AvgIpc) is 3.34. The molecule has 2 heterocycles. The normalized spacial score (nSPS) is 11.9. The summed E-state index contributed by atoms with van der Waals surface area (Å²) in [5.74, 6) is 1.14. The lowest BCUT2D eigenvalue weighted by Gasteiger charge is -2.12. The fraction of sp³-hybridized carbons (Fsp3) is 0.154. The van der Waals surface area contributed by atoms with E-state index in [0.29, 0.717) is 46.0 Å². The third kappa shape index (κ3) is 4.98. The van der Waals surface area contributed by atoms with Crippen molar-refractivity contribution in [1.29, 1.82) is 0 Å². The monoisotopic (exact) mass is 470 g/mol. The Hall–Kier alpha value is -4.66. The lowest BCUT2D eigenvalue weighted by molar-refractivity contribution is -0.116. The summed E-state index contributed by atoms with van der Waals surface area (Å²) in [6, 6.07) is 19.3. The second kappa shape index (κ2) is 9.68. The highest BCUT2D eigenvalue weighted by molar-refractivity contribution is 6.03. The van der Waals surface area contributed by atoms with Gasteiger partial charge in [0.05, 0.1) is 22.2 Å². The van der Waals surface area contributed by atoms with Crippen LogP contribution in [0.4, 0.5) is 5.69 Å². The van der Waals surface area contributed by atoms with Crippen LogP contribution in [0, 0.1) is 0 Å². The van der Waals surface area contributed by atoms with Crippen LogP contribution in [0.1, 0.15) is 28.2 Å². The maximum Gasteiger partial charge on any atom is 0.258 e. The number of carbonyl (C=O) groups excluding carboxylic acids is 2. The van der Waals surface area contributed by atoms with E-state index in [1.807, 2.05) is 12.1 Å². The van der Waals surface area contributed by atoms with Crippen LogP contribution in [0.3, 0.4) is 0 Å². The van der Waals surface area contributed by atoms with Crippen molar-refractivity contribution in [1.82, 2.24) is 15.3 Å². The molecular formula is C26H22N4O5. The van der Waals surface area contributed by atoms with Gasteiger partial charge in [-0.1, -0.05) is 30.3 Å². The first-order valence-electron chi connectivity index (χ1n) is 11.1. The van der Waals surface area contributed by atoms with Crippen LogP contribution >= 0.6 is 0 Å². The molecule has 3 aromatic carbocycles. The predicted molar refractivity (Wildman–Crippen MR) is 129 cm³/mol. The maximum atomic E-state index is 12.8. The van der Waals surface area contributed by atoms with Crippen LogP contribution in [0.2, 0.25) is 0 Å². The van der Waals surface area contributed by atoms with Crippen molar-refractivity contribution in [3.63, 3.8) is 0 Å². The van der Waals surface area contributed by atoms with Crippen molar-refractivity contribution >= 4 is 28.4 Å². The minimum atomic E-state index is -0.320. The molecule has 0 saturated carbocycles. The standard InChI is InChI=1S/C26H22N4O5/c31-24(12-11-23-28-19-7-3-2-6-18(19)26(33)30-23)29-20-8-4-1-5-17(20)25(32)27-14-16-9-10-21-22(13-16)35-15-34-21/h1-10,13H,11-12,14-15H2,(H,27,32)(H,29,31)(H,28,30,33). The molecule has 3 N–H and O–H groups in total. The number of aryl methyl sites for hydroxylation is 1. The van der Waals surface area contributed by atoms with E-state index < -0.39 is 0 Å². The topological polar surface area (TPSA) is 122 Å². The van der Waals surface area contributed by atoms with E-state index in [9.17, 15) is 14.4 Å². The van der Waals surface area contributed by atoms with Gasteiger partial charge in [0.15, 0.2) is 11.5 Å². The number of anilines is 1. The first-order valence-corrected chi connectivity index (χ1v) is 11.1. The number of amides is 2. The van der Waals surface area contributed by atoms with Gasteiger partial charge in [-0.05, 0) is 42.0 Å². The molecule has 4 aromatic rings. The van der Waals surface area contributed by atoms with Gasteiger partial charge in [0, 0.05) is 19.4 Å². The molecule has 1 aliphatic heterocycles. The average molecular weight is 470 g/mol. The van der Waals surface area contributed by atoms with Crippen molar-refractivity contribution in [3.8, 4) is 11.5 Å². The molecule has 1 aromatic heterocycles. The molecule has 0 aliphatic carbocycles. The Morgan fingerprint density at radius 3 is 2.69 bits per heavy atom. The Kier molecular flexibility index (Phi) is 6.13. The summed E-state index contributed by atoms with van der Waals surface area (Å²) < 4.78 is 10.7. The van der Waals surface area contributed by atoms with Crippen molar-refractivity contribution in [2.45, 2.75) is 19.4 Å². The number of para-hydroxylation sites is 2. The van der Waals surface area contributed by atoms with Gasteiger partial charge in [0.1, 0.15) is 5.82 Å². The molecular weight excluding hydrogens is 448 g/mol. The highest BCUT2D eigenvalue weighted by atomic mass is 16.7. The molecule has 0 fully saturated rings. The lowest BCUT2D eigenvalue weighted by Crippen LogP contribution is -2.25. The first-order chi connectivity index (χ1) is 17.1. The molecule has 9 nitrogen and oxygen atoms in total. The van der Waals surface area contributed by atoms with Gasteiger partial charge in [-0.2, -0.15) is 0 Å². The number of nitrogens with one attached hydrogen (secondary N) is 3. The highest BCUT2D eigenvalue weighted by Crippen LogP contribution is 2.32. The van der Waals surface area contributed by atoms with Gasteiger partial charge >= 0.3 is 0 Å². The quantitative estimate of drug-likeness (QED) is 0.381. The second-order valence-electron chi connectivity index (χ2n) is 7.99. The molecule has 5 rings (SSSR count). The van der Waals surface area contributed by atoms with E-state index >= 15 is 0 Å². The van der Waals surface area contributed by atoms with Crippen molar-refractivity contribution in [3.05, 3.63) is 94.0 Å². The Morgan fingerprint density at radius 2 is 1.77 bits per heavy atom. The fourth-order valence-electron chi connectivity index (χ4n) is 3.82.